The molecule has 0 amide bonds. The van der Waals surface area contributed by atoms with Crippen molar-refractivity contribution in [2.45, 2.75) is 25.8 Å². The molecular weight excluding hydrogens is 277 g/mol. The predicted octanol–water partition coefficient (Wildman–Crippen LogP) is 4.73. The Labute approximate surface area is 123 Å². The summed E-state index contributed by atoms with van der Waals surface area (Å²) in [4.78, 5) is 2.41. The molecule has 0 bridgehead atoms. The van der Waals surface area contributed by atoms with E-state index in [4.69, 9.17) is 16.0 Å². The van der Waals surface area contributed by atoms with E-state index in [1.807, 2.05) is 12.1 Å². The summed E-state index contributed by atoms with van der Waals surface area (Å²) in [7, 11) is 0. The maximum absolute atomic E-state index is 13.2. The van der Waals surface area contributed by atoms with E-state index in [9.17, 15) is 4.39 Å². The molecule has 1 aliphatic heterocycles. The van der Waals surface area contributed by atoms with Crippen molar-refractivity contribution in [1.29, 1.82) is 0 Å². The van der Waals surface area contributed by atoms with Gasteiger partial charge in [0.05, 0.1) is 11.6 Å². The molecular formula is C16H17ClFNO. The third-order valence-electron chi connectivity index (χ3n) is 3.69. The third kappa shape index (κ3) is 3.05. The van der Waals surface area contributed by atoms with Gasteiger partial charge in [0, 0.05) is 5.56 Å². The van der Waals surface area contributed by atoms with Gasteiger partial charge in [0.2, 0.25) is 0 Å². The standard InChI is InChI=1S/C16H17ClFNO/c17-14-10-12(4-6-15(14)18)16-7-5-13(20-16)11-19-8-2-1-3-9-19/h4-7,10H,1-3,8-9,11H2. The molecule has 20 heavy (non-hydrogen) atoms. The van der Waals surface area contributed by atoms with Gasteiger partial charge in [-0.1, -0.05) is 18.0 Å². The number of furan rings is 1. The van der Waals surface area contributed by atoms with Crippen molar-refractivity contribution in [3.8, 4) is 11.3 Å². The van der Waals surface area contributed by atoms with Crippen molar-refractivity contribution >= 4 is 11.6 Å². The summed E-state index contributed by atoms with van der Waals surface area (Å²) < 4.78 is 19.0. The van der Waals surface area contributed by atoms with Crippen LogP contribution < -0.4 is 0 Å². The maximum atomic E-state index is 13.2. The number of halogens is 2. The number of rotatable bonds is 3. The second-order valence-electron chi connectivity index (χ2n) is 5.23. The molecule has 0 unspecified atom stereocenters. The highest BCUT2D eigenvalue weighted by molar-refractivity contribution is 6.31. The van der Waals surface area contributed by atoms with Crippen molar-refractivity contribution in [3.63, 3.8) is 0 Å². The summed E-state index contributed by atoms with van der Waals surface area (Å²) in [5.41, 5.74) is 0.807. The van der Waals surface area contributed by atoms with Crippen LogP contribution in [-0.2, 0) is 6.54 Å². The Hall–Kier alpha value is -1.32. The van der Waals surface area contributed by atoms with Crippen LogP contribution in [0, 0.1) is 5.82 Å². The lowest BCUT2D eigenvalue weighted by atomic mass is 10.1. The minimum Gasteiger partial charge on any atom is -0.460 e. The Morgan fingerprint density at radius 1 is 1.10 bits per heavy atom. The molecule has 2 aromatic rings. The van der Waals surface area contributed by atoms with Gasteiger partial charge >= 0.3 is 0 Å². The SMILES string of the molecule is Fc1ccc(-c2ccc(CN3CCCCC3)o2)cc1Cl. The lowest BCUT2D eigenvalue weighted by Gasteiger charge is -2.25. The van der Waals surface area contributed by atoms with Gasteiger partial charge in [-0.25, -0.2) is 4.39 Å². The van der Waals surface area contributed by atoms with E-state index in [2.05, 4.69) is 4.90 Å². The molecule has 0 radical (unpaired) electrons. The van der Waals surface area contributed by atoms with Crippen LogP contribution in [0.3, 0.4) is 0 Å². The summed E-state index contributed by atoms with van der Waals surface area (Å²) in [5.74, 6) is 1.27. The zero-order valence-corrected chi connectivity index (χ0v) is 12.0. The molecule has 0 aliphatic carbocycles. The first-order valence-electron chi connectivity index (χ1n) is 6.99. The van der Waals surface area contributed by atoms with Gasteiger partial charge in [0.25, 0.3) is 0 Å². The largest absolute Gasteiger partial charge is 0.460 e. The predicted molar refractivity (Wildman–Crippen MR) is 78.2 cm³/mol. The number of nitrogens with zero attached hydrogens (tertiary/aromatic N) is 1. The van der Waals surface area contributed by atoms with Crippen LogP contribution >= 0.6 is 11.6 Å². The molecule has 1 saturated heterocycles. The van der Waals surface area contributed by atoms with Gasteiger partial charge in [-0.05, 0) is 56.3 Å². The van der Waals surface area contributed by atoms with Crippen molar-refractivity contribution in [2.24, 2.45) is 0 Å². The fourth-order valence-electron chi connectivity index (χ4n) is 2.61. The highest BCUT2D eigenvalue weighted by Gasteiger charge is 2.13. The minimum absolute atomic E-state index is 0.122. The number of likely N-dealkylation sites (tertiary alicyclic amines) is 1. The third-order valence-corrected chi connectivity index (χ3v) is 3.98. The van der Waals surface area contributed by atoms with Crippen molar-refractivity contribution in [3.05, 3.63) is 46.9 Å². The van der Waals surface area contributed by atoms with Crippen LogP contribution in [0.15, 0.2) is 34.7 Å². The van der Waals surface area contributed by atoms with E-state index in [1.165, 1.54) is 25.3 Å². The van der Waals surface area contributed by atoms with Gasteiger partial charge in [0.1, 0.15) is 17.3 Å². The van der Waals surface area contributed by atoms with E-state index in [-0.39, 0.29) is 5.02 Å². The average molecular weight is 294 g/mol. The summed E-state index contributed by atoms with van der Waals surface area (Å²) in [6.45, 7) is 3.12. The van der Waals surface area contributed by atoms with E-state index in [1.54, 1.807) is 12.1 Å². The topological polar surface area (TPSA) is 16.4 Å². The highest BCUT2D eigenvalue weighted by Crippen LogP contribution is 2.27. The van der Waals surface area contributed by atoms with Gasteiger partial charge in [0.15, 0.2) is 0 Å². The Kier molecular flexibility index (Phi) is 4.08. The first-order valence-corrected chi connectivity index (χ1v) is 7.37. The highest BCUT2D eigenvalue weighted by atomic mass is 35.5. The fraction of sp³-hybridized carbons (Fsp3) is 0.375. The molecule has 2 heterocycles. The van der Waals surface area contributed by atoms with Crippen molar-refractivity contribution in [2.75, 3.05) is 13.1 Å². The Bertz CT molecular complexity index is 590. The van der Waals surface area contributed by atoms with Crippen LogP contribution in [0.4, 0.5) is 4.39 Å². The average Bonchev–Trinajstić information content (AvgIpc) is 2.91. The van der Waals surface area contributed by atoms with Gasteiger partial charge in [-0.3, -0.25) is 4.90 Å². The number of hydrogen-bond acceptors (Lipinski definition) is 2. The normalized spacial score (nSPS) is 16.5. The molecule has 0 atom stereocenters. The molecule has 0 saturated carbocycles. The smallest absolute Gasteiger partial charge is 0.141 e. The number of hydrogen-bond donors (Lipinski definition) is 0. The molecule has 1 fully saturated rings. The number of benzene rings is 1. The molecule has 106 valence electrons. The lowest BCUT2D eigenvalue weighted by Crippen LogP contribution is -2.28. The first-order chi connectivity index (χ1) is 9.72. The van der Waals surface area contributed by atoms with Crippen LogP contribution in [-0.4, -0.2) is 18.0 Å². The summed E-state index contributed by atoms with van der Waals surface area (Å²) in [6.07, 6.45) is 3.86. The van der Waals surface area contributed by atoms with Gasteiger partial charge < -0.3 is 4.42 Å². The van der Waals surface area contributed by atoms with Gasteiger partial charge in [-0.2, -0.15) is 0 Å². The quantitative estimate of drug-likeness (QED) is 0.814. The Morgan fingerprint density at radius 3 is 2.65 bits per heavy atom. The van der Waals surface area contributed by atoms with Crippen LogP contribution in [0.5, 0.6) is 0 Å². The summed E-state index contributed by atoms with van der Waals surface area (Å²) in [6, 6.07) is 8.56. The molecule has 4 heteroatoms. The maximum Gasteiger partial charge on any atom is 0.141 e. The minimum atomic E-state index is -0.407. The zero-order chi connectivity index (χ0) is 13.9. The molecule has 1 aromatic carbocycles. The molecule has 0 N–H and O–H groups in total. The lowest BCUT2D eigenvalue weighted by molar-refractivity contribution is 0.206. The van der Waals surface area contributed by atoms with E-state index >= 15 is 0 Å². The molecule has 3 rings (SSSR count). The van der Waals surface area contributed by atoms with Crippen LogP contribution in [0.25, 0.3) is 11.3 Å². The first kappa shape index (κ1) is 13.7. The van der Waals surface area contributed by atoms with Crippen LogP contribution in [0.1, 0.15) is 25.0 Å². The molecule has 2 nitrogen and oxygen atoms in total. The zero-order valence-electron chi connectivity index (χ0n) is 11.2. The van der Waals surface area contributed by atoms with E-state index < -0.39 is 5.82 Å². The van der Waals surface area contributed by atoms with Crippen LogP contribution in [0.2, 0.25) is 5.02 Å². The molecule has 1 aromatic heterocycles. The second kappa shape index (κ2) is 5.98. The monoisotopic (exact) mass is 293 g/mol. The summed E-state index contributed by atoms with van der Waals surface area (Å²) in [5, 5.41) is 0.122. The second-order valence-corrected chi connectivity index (χ2v) is 5.64. The molecule has 0 spiro atoms. The number of piperidine rings is 1. The van der Waals surface area contributed by atoms with Gasteiger partial charge in [-0.15, -0.1) is 0 Å². The van der Waals surface area contributed by atoms with Crippen molar-refractivity contribution in [1.82, 2.24) is 4.90 Å². The summed E-state index contributed by atoms with van der Waals surface area (Å²) >= 11 is 5.80. The molecule has 1 aliphatic rings. The fourth-order valence-corrected chi connectivity index (χ4v) is 2.79. The van der Waals surface area contributed by atoms with Crippen molar-refractivity contribution < 1.29 is 8.81 Å². The Morgan fingerprint density at radius 2 is 1.90 bits per heavy atom. The van der Waals surface area contributed by atoms with E-state index in [0.29, 0.717) is 0 Å². The Balaban J connectivity index is 1.73. The van der Waals surface area contributed by atoms with E-state index in [0.717, 1.165) is 36.7 Å².